The third kappa shape index (κ3) is 2.81. The molecule has 0 aliphatic heterocycles. The first-order chi connectivity index (χ1) is 12.2. The largest absolute Gasteiger partial charge is 0.548 e. The zero-order chi connectivity index (χ0) is 19.2. The maximum Gasteiger partial charge on any atom is 0.275 e. The van der Waals surface area contributed by atoms with Gasteiger partial charge in [0.1, 0.15) is 0 Å². The van der Waals surface area contributed by atoms with Crippen molar-refractivity contribution >= 4 is 33.5 Å². The summed E-state index contributed by atoms with van der Waals surface area (Å²) in [7, 11) is 0. The summed E-state index contributed by atoms with van der Waals surface area (Å²) in [4.78, 5) is 46.6. The van der Waals surface area contributed by atoms with E-state index in [1.807, 2.05) is 0 Å². The Morgan fingerprint density at radius 3 is 1.46 bits per heavy atom. The fourth-order valence-corrected chi connectivity index (χ4v) is 2.85. The number of hydrogen-bond acceptors (Lipinski definition) is 8. The number of carbonyl (C=O) groups excluding carboxylic acids is 2. The molecule has 0 unspecified atom stereocenters. The summed E-state index contributed by atoms with van der Waals surface area (Å²) in [5.41, 5.74) is -0.615. The van der Waals surface area contributed by atoms with Gasteiger partial charge in [-0.1, -0.05) is 0 Å². The van der Waals surface area contributed by atoms with Crippen LogP contribution in [0.25, 0.3) is 21.5 Å². The van der Waals surface area contributed by atoms with E-state index in [4.69, 9.17) is 0 Å². The molecule has 0 amide bonds. The molecule has 0 saturated carbocycles. The second kappa shape index (κ2) is 6.06. The van der Waals surface area contributed by atoms with Crippen molar-refractivity contribution in [3.05, 3.63) is 44.2 Å². The topological polar surface area (TPSA) is 150 Å². The Kier molecular flexibility index (Phi) is 4.03. The number of carboxylic acids is 2. The summed E-state index contributed by atoms with van der Waals surface area (Å²) < 4.78 is 1.55. The van der Waals surface area contributed by atoms with E-state index in [0.29, 0.717) is 22.2 Å². The molecule has 26 heavy (non-hydrogen) atoms. The highest BCUT2D eigenvalue weighted by atomic mass is 16.4. The molecule has 134 valence electrons. The van der Waals surface area contributed by atoms with Gasteiger partial charge in [-0.2, -0.15) is 10.2 Å². The molecule has 3 rings (SSSR count). The minimum absolute atomic E-state index is 0.174. The zero-order valence-corrected chi connectivity index (χ0v) is 13.8. The Balaban J connectivity index is 2.40. The highest BCUT2D eigenvalue weighted by Gasteiger charge is 2.14. The molecule has 3 aromatic rings. The van der Waals surface area contributed by atoms with Gasteiger partial charge >= 0.3 is 0 Å². The number of hydrogen-bond donors (Lipinski definition) is 0. The van der Waals surface area contributed by atoms with Crippen LogP contribution in [0.15, 0.2) is 21.7 Å². The van der Waals surface area contributed by atoms with Crippen LogP contribution in [0.4, 0.5) is 0 Å². The van der Waals surface area contributed by atoms with Gasteiger partial charge in [-0.3, -0.25) is 9.59 Å². The summed E-state index contributed by atoms with van der Waals surface area (Å²) in [6.07, 6.45) is 0. The fourth-order valence-electron chi connectivity index (χ4n) is 2.85. The molecule has 1 aromatic carbocycles. The number of nitrogens with zero attached hydrogens (tertiary/aromatic N) is 4. The Morgan fingerprint density at radius 2 is 1.15 bits per heavy atom. The Labute approximate surface area is 144 Å². The number of carboxylic acid groups (broad SMARTS) is 2. The van der Waals surface area contributed by atoms with Crippen LogP contribution in [0.1, 0.15) is 11.4 Å². The van der Waals surface area contributed by atoms with Gasteiger partial charge in [0.25, 0.3) is 11.1 Å². The Morgan fingerprint density at radius 1 is 0.808 bits per heavy atom. The first kappa shape index (κ1) is 17.3. The van der Waals surface area contributed by atoms with Crippen molar-refractivity contribution < 1.29 is 19.8 Å². The third-order valence-corrected chi connectivity index (χ3v) is 3.97. The van der Waals surface area contributed by atoms with Crippen LogP contribution in [-0.4, -0.2) is 31.5 Å². The number of benzene rings is 1. The fraction of sp³-hybridized carbons (Fsp3) is 0.250. The first-order valence-corrected chi connectivity index (χ1v) is 7.51. The first-order valence-electron chi connectivity index (χ1n) is 7.51. The van der Waals surface area contributed by atoms with E-state index < -0.39 is 36.1 Å². The van der Waals surface area contributed by atoms with E-state index in [9.17, 15) is 29.4 Å². The lowest BCUT2D eigenvalue weighted by Gasteiger charge is -2.12. The van der Waals surface area contributed by atoms with E-state index >= 15 is 0 Å². The molecule has 0 aliphatic rings. The molecular formula is C16H12N4O6-2. The number of carbonyl (C=O) groups is 2. The van der Waals surface area contributed by atoms with Crippen molar-refractivity contribution in [2.24, 2.45) is 0 Å². The van der Waals surface area contributed by atoms with Crippen molar-refractivity contribution in [2.75, 3.05) is 0 Å². The lowest BCUT2D eigenvalue weighted by atomic mass is 10.0. The molecule has 0 fully saturated rings. The molecule has 0 saturated heterocycles. The van der Waals surface area contributed by atoms with Crippen LogP contribution in [0.5, 0.6) is 0 Å². The predicted octanol–water partition coefficient (Wildman–Crippen LogP) is -2.78. The molecule has 10 nitrogen and oxygen atoms in total. The average molecular weight is 356 g/mol. The van der Waals surface area contributed by atoms with Crippen LogP contribution in [0.2, 0.25) is 0 Å². The van der Waals surface area contributed by atoms with Gasteiger partial charge < -0.3 is 19.8 Å². The predicted molar refractivity (Wildman–Crippen MR) is 85.1 cm³/mol. The van der Waals surface area contributed by atoms with Crippen LogP contribution in [0, 0.1) is 13.8 Å². The maximum absolute atomic E-state index is 12.5. The normalized spacial score (nSPS) is 11.2. The molecule has 0 radical (unpaired) electrons. The highest BCUT2D eigenvalue weighted by Crippen LogP contribution is 2.21. The standard InChI is InChI=1S/C16H14N4O6/c1-7-9-3-12-10(8(2)18-20(16(12)26)6-14(23)24)4-11(9)15(25)19(17-7)5-13(21)22/h3-4H,5-6H2,1-2H3,(H,21,22)(H,23,24)/p-2. The van der Waals surface area contributed by atoms with E-state index in [2.05, 4.69) is 10.2 Å². The van der Waals surface area contributed by atoms with E-state index in [1.165, 1.54) is 12.1 Å². The molecule has 10 heteroatoms. The summed E-state index contributed by atoms with van der Waals surface area (Å²) >= 11 is 0. The van der Waals surface area contributed by atoms with Crippen molar-refractivity contribution in [1.82, 2.24) is 19.6 Å². The van der Waals surface area contributed by atoms with Gasteiger partial charge in [-0.25, -0.2) is 9.36 Å². The van der Waals surface area contributed by atoms with Gasteiger partial charge in [0.2, 0.25) is 0 Å². The van der Waals surface area contributed by atoms with Crippen molar-refractivity contribution in [1.29, 1.82) is 0 Å². The minimum Gasteiger partial charge on any atom is -0.548 e. The smallest absolute Gasteiger partial charge is 0.275 e. The minimum atomic E-state index is -1.46. The summed E-state index contributed by atoms with van der Waals surface area (Å²) in [5.74, 6) is -2.91. The maximum atomic E-state index is 12.5. The lowest BCUT2D eigenvalue weighted by molar-refractivity contribution is -0.308. The third-order valence-electron chi connectivity index (χ3n) is 3.97. The molecule has 0 bridgehead atoms. The second-order valence-electron chi connectivity index (χ2n) is 5.78. The highest BCUT2D eigenvalue weighted by molar-refractivity contribution is 5.99. The second-order valence-corrected chi connectivity index (χ2v) is 5.78. The number of aryl methyl sites for hydroxylation is 2. The summed E-state index contributed by atoms with van der Waals surface area (Å²) in [6, 6.07) is 2.86. The van der Waals surface area contributed by atoms with Gasteiger partial charge in [-0.05, 0) is 26.0 Å². The van der Waals surface area contributed by atoms with E-state index in [0.717, 1.165) is 9.36 Å². The molecule has 2 aromatic heterocycles. The zero-order valence-electron chi connectivity index (χ0n) is 13.8. The number of fused-ring (bicyclic) bond motifs is 2. The van der Waals surface area contributed by atoms with Gasteiger partial charge in [0.05, 0.1) is 47.2 Å². The quantitative estimate of drug-likeness (QED) is 0.456. The van der Waals surface area contributed by atoms with Gasteiger partial charge in [0.15, 0.2) is 0 Å². The lowest BCUT2D eigenvalue weighted by Crippen LogP contribution is -2.35. The summed E-state index contributed by atoms with van der Waals surface area (Å²) in [6.45, 7) is 1.73. The van der Waals surface area contributed by atoms with Crippen LogP contribution < -0.4 is 21.3 Å². The molecule has 2 heterocycles. The average Bonchev–Trinajstić information content (AvgIpc) is 2.55. The number of aliphatic carboxylic acids is 2. The Hall–Kier alpha value is -3.56. The molecule has 0 N–H and O–H groups in total. The SMILES string of the molecule is Cc1nn(CC(=O)[O-])c(=O)c2cc3c(C)nn(CC(=O)[O-])c(=O)c3cc12. The van der Waals surface area contributed by atoms with Gasteiger partial charge in [0, 0.05) is 10.8 Å². The number of aromatic nitrogens is 4. The molecule has 0 spiro atoms. The van der Waals surface area contributed by atoms with Crippen LogP contribution in [-0.2, 0) is 22.7 Å². The van der Waals surface area contributed by atoms with Gasteiger partial charge in [-0.15, -0.1) is 0 Å². The molecule has 0 aliphatic carbocycles. The van der Waals surface area contributed by atoms with Crippen molar-refractivity contribution in [2.45, 2.75) is 26.9 Å². The van der Waals surface area contributed by atoms with Crippen LogP contribution >= 0.6 is 0 Å². The monoisotopic (exact) mass is 356 g/mol. The van der Waals surface area contributed by atoms with Crippen molar-refractivity contribution in [3.8, 4) is 0 Å². The molecule has 0 atom stereocenters. The molecular weight excluding hydrogens is 344 g/mol. The van der Waals surface area contributed by atoms with Crippen LogP contribution in [0.3, 0.4) is 0 Å². The van der Waals surface area contributed by atoms with Crippen molar-refractivity contribution in [3.63, 3.8) is 0 Å². The van der Waals surface area contributed by atoms with E-state index in [1.54, 1.807) is 13.8 Å². The number of rotatable bonds is 4. The van der Waals surface area contributed by atoms with E-state index in [-0.39, 0.29) is 10.8 Å². The Bertz CT molecular complexity index is 1110. The summed E-state index contributed by atoms with van der Waals surface area (Å²) in [5, 5.41) is 30.5.